The summed E-state index contributed by atoms with van der Waals surface area (Å²) in [5.41, 5.74) is 0. The zero-order chi connectivity index (χ0) is 13.4. The molecule has 0 saturated carbocycles. The molecule has 1 rings (SSSR count). The second kappa shape index (κ2) is 8.14. The van der Waals surface area contributed by atoms with Crippen molar-refractivity contribution in [1.82, 2.24) is 9.97 Å². The Morgan fingerprint density at radius 3 is 2.67 bits per heavy atom. The van der Waals surface area contributed by atoms with E-state index in [2.05, 4.69) is 29.1 Å². The molecule has 1 N–H and O–H groups in total. The fraction of sp³-hybridized carbons (Fsp3) is 0.692. The monoisotopic (exact) mass is 271 g/mol. The third-order valence-corrected chi connectivity index (χ3v) is 3.12. The van der Waals surface area contributed by atoms with Gasteiger partial charge in [-0.15, -0.1) is 0 Å². The molecule has 5 heteroatoms. The van der Waals surface area contributed by atoms with E-state index in [-0.39, 0.29) is 0 Å². The van der Waals surface area contributed by atoms with Crippen molar-refractivity contribution in [3.8, 4) is 5.75 Å². The van der Waals surface area contributed by atoms with E-state index in [0.29, 0.717) is 22.8 Å². The minimum atomic E-state index is 0.348. The van der Waals surface area contributed by atoms with Gasteiger partial charge in [-0.1, -0.05) is 44.7 Å². The van der Waals surface area contributed by atoms with Crippen molar-refractivity contribution in [2.75, 3.05) is 12.4 Å². The SMILES string of the molecule is CCCCC(CCC)Nc1ncnc(Cl)c1OC. The Hall–Kier alpha value is -1.03. The molecule has 0 saturated heterocycles. The summed E-state index contributed by atoms with van der Waals surface area (Å²) in [4.78, 5) is 8.12. The molecule has 4 nitrogen and oxygen atoms in total. The van der Waals surface area contributed by atoms with Crippen LogP contribution in [0.2, 0.25) is 5.15 Å². The molecule has 0 amide bonds. The quantitative estimate of drug-likeness (QED) is 0.728. The van der Waals surface area contributed by atoms with E-state index in [4.69, 9.17) is 16.3 Å². The van der Waals surface area contributed by atoms with Gasteiger partial charge in [0, 0.05) is 6.04 Å². The molecule has 1 heterocycles. The van der Waals surface area contributed by atoms with Gasteiger partial charge in [0.05, 0.1) is 7.11 Å². The Bertz CT molecular complexity index is 360. The largest absolute Gasteiger partial charge is 0.490 e. The molecule has 1 atom stereocenters. The predicted molar refractivity (Wildman–Crippen MR) is 75.4 cm³/mol. The van der Waals surface area contributed by atoms with E-state index in [1.807, 2.05) is 0 Å². The first-order valence-corrected chi connectivity index (χ1v) is 6.91. The van der Waals surface area contributed by atoms with Crippen LogP contribution in [-0.4, -0.2) is 23.1 Å². The molecular formula is C13H22ClN3O. The standard InChI is InChI=1S/C13H22ClN3O/c1-4-6-8-10(7-5-2)17-13-11(18-3)12(14)15-9-16-13/h9-10H,4-8H2,1-3H3,(H,15,16,17). The van der Waals surface area contributed by atoms with Gasteiger partial charge in [0.1, 0.15) is 6.33 Å². The molecule has 0 aliphatic rings. The molecule has 0 bridgehead atoms. The lowest BCUT2D eigenvalue weighted by Crippen LogP contribution is -2.20. The maximum Gasteiger partial charge on any atom is 0.198 e. The lowest BCUT2D eigenvalue weighted by molar-refractivity contribution is 0.411. The second-order valence-corrected chi connectivity index (χ2v) is 4.68. The molecular weight excluding hydrogens is 250 g/mol. The Morgan fingerprint density at radius 1 is 1.28 bits per heavy atom. The lowest BCUT2D eigenvalue weighted by atomic mass is 10.1. The van der Waals surface area contributed by atoms with Crippen LogP contribution in [0, 0.1) is 0 Å². The number of hydrogen-bond acceptors (Lipinski definition) is 4. The second-order valence-electron chi connectivity index (χ2n) is 4.32. The van der Waals surface area contributed by atoms with Crippen molar-refractivity contribution < 1.29 is 4.74 Å². The summed E-state index contributed by atoms with van der Waals surface area (Å²) in [5.74, 6) is 1.21. The van der Waals surface area contributed by atoms with Crippen molar-refractivity contribution in [3.63, 3.8) is 0 Å². The van der Waals surface area contributed by atoms with Gasteiger partial charge in [-0.2, -0.15) is 0 Å². The highest BCUT2D eigenvalue weighted by molar-refractivity contribution is 6.31. The molecule has 102 valence electrons. The summed E-state index contributed by atoms with van der Waals surface area (Å²) in [7, 11) is 1.58. The molecule has 0 fully saturated rings. The molecule has 0 aliphatic heterocycles. The number of nitrogens with one attached hydrogen (secondary N) is 1. The summed E-state index contributed by atoms with van der Waals surface area (Å²) in [6.45, 7) is 4.38. The van der Waals surface area contributed by atoms with E-state index in [9.17, 15) is 0 Å². The summed E-state index contributed by atoms with van der Waals surface area (Å²) >= 11 is 5.98. The molecule has 0 aromatic carbocycles. The van der Waals surface area contributed by atoms with Crippen molar-refractivity contribution in [2.24, 2.45) is 0 Å². The fourth-order valence-corrected chi connectivity index (χ4v) is 2.13. The molecule has 18 heavy (non-hydrogen) atoms. The first kappa shape index (κ1) is 15.0. The van der Waals surface area contributed by atoms with E-state index in [0.717, 1.165) is 19.3 Å². The Morgan fingerprint density at radius 2 is 2.06 bits per heavy atom. The zero-order valence-electron chi connectivity index (χ0n) is 11.4. The first-order valence-electron chi connectivity index (χ1n) is 6.53. The summed E-state index contributed by atoms with van der Waals surface area (Å²) in [6, 6.07) is 0.412. The van der Waals surface area contributed by atoms with E-state index in [1.54, 1.807) is 7.11 Å². The maximum atomic E-state index is 5.98. The van der Waals surface area contributed by atoms with Gasteiger partial charge >= 0.3 is 0 Å². The molecule has 0 radical (unpaired) electrons. The third kappa shape index (κ3) is 4.33. The van der Waals surface area contributed by atoms with Crippen molar-refractivity contribution in [1.29, 1.82) is 0 Å². The summed E-state index contributed by atoms with van der Waals surface area (Å²) in [6.07, 6.45) is 7.25. The van der Waals surface area contributed by atoms with Crippen LogP contribution in [0.3, 0.4) is 0 Å². The average Bonchev–Trinajstić information content (AvgIpc) is 2.36. The number of methoxy groups -OCH3 is 1. The highest BCUT2D eigenvalue weighted by atomic mass is 35.5. The summed E-state index contributed by atoms with van der Waals surface area (Å²) < 4.78 is 5.24. The van der Waals surface area contributed by atoms with Crippen molar-refractivity contribution >= 4 is 17.4 Å². The normalized spacial score (nSPS) is 12.2. The van der Waals surface area contributed by atoms with Crippen LogP contribution in [0.5, 0.6) is 5.75 Å². The van der Waals surface area contributed by atoms with Gasteiger partial charge in [-0.3, -0.25) is 0 Å². The highest BCUT2D eigenvalue weighted by Crippen LogP contribution is 2.29. The van der Waals surface area contributed by atoms with E-state index >= 15 is 0 Å². The molecule has 0 spiro atoms. The lowest BCUT2D eigenvalue weighted by Gasteiger charge is -2.19. The van der Waals surface area contributed by atoms with Crippen LogP contribution in [0.1, 0.15) is 46.0 Å². The van der Waals surface area contributed by atoms with Crippen LogP contribution in [0.4, 0.5) is 5.82 Å². The van der Waals surface area contributed by atoms with E-state index in [1.165, 1.54) is 19.2 Å². The number of rotatable bonds is 8. The van der Waals surface area contributed by atoms with Crippen molar-refractivity contribution in [3.05, 3.63) is 11.5 Å². The maximum absolute atomic E-state index is 5.98. The number of unbranched alkanes of at least 4 members (excludes halogenated alkanes) is 1. The van der Waals surface area contributed by atoms with Crippen LogP contribution >= 0.6 is 11.6 Å². The highest BCUT2D eigenvalue weighted by Gasteiger charge is 2.14. The Kier molecular flexibility index (Phi) is 6.80. The summed E-state index contributed by atoms with van der Waals surface area (Å²) in [5, 5.41) is 3.76. The Labute approximate surface area is 114 Å². The van der Waals surface area contributed by atoms with Crippen LogP contribution in [-0.2, 0) is 0 Å². The minimum Gasteiger partial charge on any atom is -0.490 e. The van der Waals surface area contributed by atoms with Gasteiger partial charge in [-0.05, 0) is 12.8 Å². The smallest absolute Gasteiger partial charge is 0.198 e. The van der Waals surface area contributed by atoms with Crippen LogP contribution in [0.25, 0.3) is 0 Å². The molecule has 1 aromatic heterocycles. The predicted octanol–water partition coefficient (Wildman–Crippen LogP) is 3.91. The van der Waals surface area contributed by atoms with Gasteiger partial charge in [-0.25, -0.2) is 9.97 Å². The number of ether oxygens (including phenoxy) is 1. The minimum absolute atomic E-state index is 0.348. The van der Waals surface area contributed by atoms with Crippen molar-refractivity contribution in [2.45, 2.75) is 52.0 Å². The molecule has 0 aliphatic carbocycles. The number of anilines is 1. The Balaban J connectivity index is 2.76. The van der Waals surface area contributed by atoms with Crippen LogP contribution < -0.4 is 10.1 Å². The number of nitrogens with zero attached hydrogens (tertiary/aromatic N) is 2. The van der Waals surface area contributed by atoms with Gasteiger partial charge < -0.3 is 10.1 Å². The number of hydrogen-bond donors (Lipinski definition) is 1. The zero-order valence-corrected chi connectivity index (χ0v) is 12.1. The number of aromatic nitrogens is 2. The van der Waals surface area contributed by atoms with Gasteiger partial charge in [0.25, 0.3) is 0 Å². The average molecular weight is 272 g/mol. The first-order chi connectivity index (χ1) is 8.72. The van der Waals surface area contributed by atoms with Gasteiger partial charge in [0.15, 0.2) is 16.7 Å². The molecule has 1 unspecified atom stereocenters. The van der Waals surface area contributed by atoms with Gasteiger partial charge in [0.2, 0.25) is 0 Å². The topological polar surface area (TPSA) is 47.0 Å². The van der Waals surface area contributed by atoms with E-state index < -0.39 is 0 Å². The van der Waals surface area contributed by atoms with Crippen LogP contribution in [0.15, 0.2) is 6.33 Å². The third-order valence-electron chi connectivity index (χ3n) is 2.85. The molecule has 1 aromatic rings. The fourth-order valence-electron chi connectivity index (χ4n) is 1.92. The number of halogens is 1.